The van der Waals surface area contributed by atoms with Crippen LogP contribution in [0.4, 0.5) is 0 Å². The molecule has 3 atom stereocenters. The van der Waals surface area contributed by atoms with Gasteiger partial charge in [-0.25, -0.2) is 0 Å². The van der Waals surface area contributed by atoms with Crippen LogP contribution in [0.15, 0.2) is 12.2 Å². The third-order valence-electron chi connectivity index (χ3n) is 3.34. The third kappa shape index (κ3) is 5.74. The van der Waals surface area contributed by atoms with Gasteiger partial charge >= 0.3 is 0 Å². The molecule has 0 heterocycles. The van der Waals surface area contributed by atoms with Crippen molar-refractivity contribution in [2.45, 2.75) is 52.7 Å². The quantitative estimate of drug-likeness (QED) is 0.659. The summed E-state index contributed by atoms with van der Waals surface area (Å²) in [6.45, 7) is 7.58. The minimum atomic E-state index is -0.985. The second-order valence-corrected chi connectivity index (χ2v) is 5.72. The molecule has 0 radical (unpaired) electrons. The normalized spacial score (nSPS) is 16.1. The minimum absolute atomic E-state index is 0.155. The topological polar surface area (TPSA) is 83.6 Å². The maximum Gasteiger partial charge on any atom is 0.242 e. The largest absolute Gasteiger partial charge is 0.390 e. The number of nitrogens with zero attached hydrogens (tertiary/aromatic N) is 1. The molecule has 20 heavy (non-hydrogen) atoms. The molecule has 2 amide bonds. The zero-order valence-electron chi connectivity index (χ0n) is 13.2. The number of hydrogen-bond acceptors (Lipinski definition) is 3. The molecule has 0 aliphatic rings. The molecule has 0 rings (SSSR count). The van der Waals surface area contributed by atoms with Crippen molar-refractivity contribution in [3.05, 3.63) is 12.2 Å². The van der Waals surface area contributed by atoms with Crippen LogP contribution in [0.25, 0.3) is 0 Å². The lowest BCUT2D eigenvalue weighted by molar-refractivity contribution is -0.143. The van der Waals surface area contributed by atoms with Crippen molar-refractivity contribution in [1.29, 1.82) is 0 Å². The number of rotatable bonds is 8. The summed E-state index contributed by atoms with van der Waals surface area (Å²) < 4.78 is 0. The van der Waals surface area contributed by atoms with Crippen molar-refractivity contribution in [2.24, 2.45) is 17.6 Å². The average molecular weight is 284 g/mol. The number of likely N-dealkylation sites (N-methyl/N-ethyl adjacent to an activating group) is 1. The van der Waals surface area contributed by atoms with Crippen LogP contribution in [-0.2, 0) is 9.59 Å². The van der Waals surface area contributed by atoms with E-state index in [0.717, 1.165) is 0 Å². The SMILES string of the molecule is C/C=C/C[C@@H](C)[C@@H](O)[C@H](C(N)=O)N(C)C(=O)CC(C)C. The van der Waals surface area contributed by atoms with Gasteiger partial charge in [-0.3, -0.25) is 9.59 Å². The molecule has 0 aliphatic heterocycles. The highest BCUT2D eigenvalue weighted by molar-refractivity contribution is 5.87. The van der Waals surface area contributed by atoms with E-state index in [1.54, 1.807) is 0 Å². The first kappa shape index (κ1) is 18.6. The van der Waals surface area contributed by atoms with Gasteiger partial charge in [-0.1, -0.05) is 32.9 Å². The van der Waals surface area contributed by atoms with Gasteiger partial charge in [-0.15, -0.1) is 0 Å². The fourth-order valence-corrected chi connectivity index (χ4v) is 2.04. The van der Waals surface area contributed by atoms with E-state index in [-0.39, 0.29) is 17.7 Å². The summed E-state index contributed by atoms with van der Waals surface area (Å²) in [7, 11) is 1.52. The van der Waals surface area contributed by atoms with E-state index in [1.807, 2.05) is 39.8 Å². The summed E-state index contributed by atoms with van der Waals surface area (Å²) in [5.74, 6) is -0.820. The fourth-order valence-electron chi connectivity index (χ4n) is 2.04. The molecule has 0 saturated heterocycles. The molecule has 0 bridgehead atoms. The van der Waals surface area contributed by atoms with Crippen molar-refractivity contribution in [1.82, 2.24) is 4.90 Å². The number of carbonyl (C=O) groups excluding carboxylic acids is 2. The van der Waals surface area contributed by atoms with Gasteiger partial charge in [0.05, 0.1) is 6.10 Å². The zero-order valence-corrected chi connectivity index (χ0v) is 13.2. The van der Waals surface area contributed by atoms with E-state index in [0.29, 0.717) is 12.8 Å². The van der Waals surface area contributed by atoms with Gasteiger partial charge in [0.2, 0.25) is 11.8 Å². The highest BCUT2D eigenvalue weighted by Gasteiger charge is 2.34. The molecule has 0 aromatic rings. The fraction of sp³-hybridized carbons (Fsp3) is 0.733. The van der Waals surface area contributed by atoms with E-state index in [4.69, 9.17) is 5.73 Å². The molecule has 0 unspecified atom stereocenters. The first-order valence-electron chi connectivity index (χ1n) is 7.06. The Morgan fingerprint density at radius 2 is 1.85 bits per heavy atom. The molecule has 0 aromatic carbocycles. The second kappa shape index (κ2) is 8.74. The van der Waals surface area contributed by atoms with Gasteiger partial charge in [0.15, 0.2) is 0 Å². The number of aliphatic hydroxyl groups is 1. The number of aliphatic hydroxyl groups excluding tert-OH is 1. The molecule has 0 aliphatic carbocycles. The summed E-state index contributed by atoms with van der Waals surface area (Å²) >= 11 is 0. The molecule has 0 saturated carbocycles. The number of allylic oxidation sites excluding steroid dienone is 2. The lowest BCUT2D eigenvalue weighted by Crippen LogP contribution is -2.54. The van der Waals surface area contributed by atoms with Crippen LogP contribution in [0.5, 0.6) is 0 Å². The minimum Gasteiger partial charge on any atom is -0.390 e. The van der Waals surface area contributed by atoms with Crippen LogP contribution in [-0.4, -0.2) is 41.0 Å². The van der Waals surface area contributed by atoms with Gasteiger partial charge in [0.25, 0.3) is 0 Å². The Hall–Kier alpha value is -1.36. The summed E-state index contributed by atoms with van der Waals surface area (Å²) in [6.07, 6.45) is 3.80. The molecule has 0 aromatic heterocycles. The Morgan fingerprint density at radius 1 is 1.30 bits per heavy atom. The van der Waals surface area contributed by atoms with Crippen molar-refractivity contribution >= 4 is 11.8 Å². The van der Waals surface area contributed by atoms with E-state index < -0.39 is 18.1 Å². The van der Waals surface area contributed by atoms with Crippen LogP contribution in [0.3, 0.4) is 0 Å². The van der Waals surface area contributed by atoms with Crippen LogP contribution >= 0.6 is 0 Å². The van der Waals surface area contributed by atoms with Gasteiger partial charge in [0.1, 0.15) is 6.04 Å². The summed E-state index contributed by atoms with van der Waals surface area (Å²) in [5.41, 5.74) is 5.36. The summed E-state index contributed by atoms with van der Waals surface area (Å²) in [5, 5.41) is 10.3. The maximum atomic E-state index is 12.0. The van der Waals surface area contributed by atoms with Crippen molar-refractivity contribution in [3.63, 3.8) is 0 Å². The Labute approximate surface area is 121 Å². The first-order chi connectivity index (χ1) is 9.22. The van der Waals surface area contributed by atoms with Gasteiger partial charge in [0, 0.05) is 13.5 Å². The maximum absolute atomic E-state index is 12.0. The molecule has 116 valence electrons. The van der Waals surface area contributed by atoms with E-state index in [1.165, 1.54) is 11.9 Å². The lowest BCUT2D eigenvalue weighted by Gasteiger charge is -2.32. The van der Waals surface area contributed by atoms with Gasteiger partial charge in [-0.05, 0) is 25.2 Å². The lowest BCUT2D eigenvalue weighted by atomic mass is 9.93. The monoisotopic (exact) mass is 284 g/mol. The summed E-state index contributed by atoms with van der Waals surface area (Å²) in [4.78, 5) is 24.9. The Kier molecular flexibility index (Phi) is 8.15. The third-order valence-corrected chi connectivity index (χ3v) is 3.34. The van der Waals surface area contributed by atoms with Crippen LogP contribution < -0.4 is 5.73 Å². The molecule has 5 nitrogen and oxygen atoms in total. The smallest absolute Gasteiger partial charge is 0.242 e. The Balaban J connectivity index is 4.94. The van der Waals surface area contributed by atoms with Crippen molar-refractivity contribution in [3.8, 4) is 0 Å². The van der Waals surface area contributed by atoms with Crippen LogP contribution in [0.1, 0.15) is 40.5 Å². The first-order valence-corrected chi connectivity index (χ1v) is 7.06. The molecular weight excluding hydrogens is 256 g/mol. The number of amides is 2. The highest BCUT2D eigenvalue weighted by atomic mass is 16.3. The number of primary amides is 1. The number of nitrogens with two attached hydrogens (primary N) is 1. The Morgan fingerprint density at radius 3 is 2.25 bits per heavy atom. The molecular formula is C15H28N2O3. The standard InChI is InChI=1S/C15H28N2O3/c1-6-7-8-11(4)14(19)13(15(16)20)17(5)12(18)9-10(2)3/h6-7,10-11,13-14,19H,8-9H2,1-5H3,(H2,16,20)/b7-6+/t11-,13-,14-/m1/s1. The highest BCUT2D eigenvalue weighted by Crippen LogP contribution is 2.17. The van der Waals surface area contributed by atoms with Crippen molar-refractivity contribution < 1.29 is 14.7 Å². The summed E-state index contributed by atoms with van der Waals surface area (Å²) in [6, 6.07) is -0.985. The van der Waals surface area contributed by atoms with Crippen LogP contribution in [0.2, 0.25) is 0 Å². The molecule has 0 spiro atoms. The average Bonchev–Trinajstić information content (AvgIpc) is 2.34. The molecule has 0 fully saturated rings. The Bertz CT molecular complexity index is 353. The van der Waals surface area contributed by atoms with Gasteiger partial charge in [-0.2, -0.15) is 0 Å². The van der Waals surface area contributed by atoms with E-state index in [9.17, 15) is 14.7 Å². The van der Waals surface area contributed by atoms with E-state index >= 15 is 0 Å². The van der Waals surface area contributed by atoms with Gasteiger partial charge < -0.3 is 15.7 Å². The number of hydrogen-bond donors (Lipinski definition) is 2. The molecule has 5 heteroatoms. The van der Waals surface area contributed by atoms with Crippen LogP contribution in [0, 0.1) is 11.8 Å². The second-order valence-electron chi connectivity index (χ2n) is 5.72. The zero-order chi connectivity index (χ0) is 15.9. The predicted molar refractivity (Wildman–Crippen MR) is 79.8 cm³/mol. The molecule has 3 N–H and O–H groups in total. The van der Waals surface area contributed by atoms with Crippen molar-refractivity contribution in [2.75, 3.05) is 7.05 Å². The van der Waals surface area contributed by atoms with E-state index in [2.05, 4.69) is 0 Å². The predicted octanol–water partition coefficient (Wildman–Crippen LogP) is 1.31. The number of carbonyl (C=O) groups is 2.